The number of nitrogens with zero attached hydrogens (tertiary/aromatic N) is 2. The molecule has 30 heavy (non-hydrogen) atoms. The topological polar surface area (TPSA) is 54.3 Å². The molecule has 2 atom stereocenters. The Hall–Kier alpha value is -1.99. The van der Waals surface area contributed by atoms with E-state index in [1.165, 1.54) is 12.1 Å². The maximum atomic E-state index is 13.3. The van der Waals surface area contributed by atoms with Crippen molar-refractivity contribution < 1.29 is 19.1 Å². The Morgan fingerprint density at radius 1 is 1.20 bits per heavy atom. The van der Waals surface area contributed by atoms with Crippen LogP contribution in [0, 0.1) is 5.82 Å². The van der Waals surface area contributed by atoms with Crippen molar-refractivity contribution in [3.05, 3.63) is 70.5 Å². The van der Waals surface area contributed by atoms with Crippen LogP contribution in [0.3, 0.4) is 0 Å². The van der Waals surface area contributed by atoms with E-state index >= 15 is 0 Å². The highest BCUT2D eigenvalue weighted by atomic mass is 35.5. The van der Waals surface area contributed by atoms with Crippen LogP contribution in [0.25, 0.3) is 0 Å². The van der Waals surface area contributed by atoms with Gasteiger partial charge in [-0.1, -0.05) is 41.0 Å². The SMILES string of the molecule is CC(C)OCC(O)CN(Cc1ccc(F)cc1)CC1CC(c2ccc(Cl)cc2)=NO1. The number of aliphatic hydroxyl groups is 1. The summed E-state index contributed by atoms with van der Waals surface area (Å²) >= 11 is 5.96. The lowest BCUT2D eigenvalue weighted by Gasteiger charge is -2.27. The number of aliphatic hydroxyl groups excluding tert-OH is 1. The van der Waals surface area contributed by atoms with E-state index in [1.54, 1.807) is 12.1 Å². The normalized spacial score (nSPS) is 17.3. The van der Waals surface area contributed by atoms with Gasteiger partial charge < -0.3 is 14.7 Å². The summed E-state index contributed by atoms with van der Waals surface area (Å²) in [5.41, 5.74) is 2.82. The molecule has 5 nitrogen and oxygen atoms in total. The highest BCUT2D eigenvalue weighted by Crippen LogP contribution is 2.20. The van der Waals surface area contributed by atoms with Gasteiger partial charge in [-0.05, 0) is 49.2 Å². The van der Waals surface area contributed by atoms with E-state index in [2.05, 4.69) is 10.1 Å². The fourth-order valence-electron chi connectivity index (χ4n) is 3.33. The van der Waals surface area contributed by atoms with Crippen molar-refractivity contribution in [2.75, 3.05) is 19.7 Å². The van der Waals surface area contributed by atoms with Crippen LogP contribution in [0.4, 0.5) is 4.39 Å². The van der Waals surface area contributed by atoms with E-state index in [4.69, 9.17) is 21.2 Å². The quantitative estimate of drug-likeness (QED) is 0.607. The van der Waals surface area contributed by atoms with Gasteiger partial charge in [0, 0.05) is 31.1 Å². The van der Waals surface area contributed by atoms with Gasteiger partial charge in [0.2, 0.25) is 0 Å². The first-order valence-electron chi connectivity index (χ1n) is 10.1. The third-order valence-corrected chi connectivity index (χ3v) is 5.03. The van der Waals surface area contributed by atoms with Gasteiger partial charge in [-0.2, -0.15) is 0 Å². The predicted molar refractivity (Wildman–Crippen MR) is 116 cm³/mol. The van der Waals surface area contributed by atoms with E-state index in [9.17, 15) is 9.50 Å². The van der Waals surface area contributed by atoms with Gasteiger partial charge in [-0.25, -0.2) is 4.39 Å². The first-order chi connectivity index (χ1) is 14.4. The molecule has 2 unspecified atom stereocenters. The number of benzene rings is 2. The largest absolute Gasteiger partial charge is 0.390 e. The predicted octanol–water partition coefficient (Wildman–Crippen LogP) is 4.26. The summed E-state index contributed by atoms with van der Waals surface area (Å²) in [6.07, 6.45) is -0.0425. The van der Waals surface area contributed by atoms with Gasteiger partial charge in [-0.15, -0.1) is 0 Å². The van der Waals surface area contributed by atoms with Crippen LogP contribution >= 0.6 is 11.6 Å². The van der Waals surface area contributed by atoms with E-state index in [1.807, 2.05) is 38.1 Å². The number of ether oxygens (including phenoxy) is 1. The molecule has 2 aromatic carbocycles. The lowest BCUT2D eigenvalue weighted by molar-refractivity contribution is -0.0194. The summed E-state index contributed by atoms with van der Waals surface area (Å²) in [7, 11) is 0. The second kappa shape index (κ2) is 10.9. The molecule has 1 aliphatic heterocycles. The third kappa shape index (κ3) is 7.06. The fourth-order valence-corrected chi connectivity index (χ4v) is 3.46. The summed E-state index contributed by atoms with van der Waals surface area (Å²) in [5.74, 6) is -0.268. The zero-order valence-electron chi connectivity index (χ0n) is 17.3. The Morgan fingerprint density at radius 2 is 1.90 bits per heavy atom. The van der Waals surface area contributed by atoms with E-state index in [-0.39, 0.29) is 24.6 Å². The fraction of sp³-hybridized carbons (Fsp3) is 0.435. The van der Waals surface area contributed by atoms with E-state index < -0.39 is 6.10 Å². The Morgan fingerprint density at radius 3 is 2.57 bits per heavy atom. The van der Waals surface area contributed by atoms with Crippen LogP contribution in [-0.2, 0) is 16.1 Å². The summed E-state index contributed by atoms with van der Waals surface area (Å²) in [5, 5.41) is 15.3. The molecule has 0 aliphatic carbocycles. The number of hydrogen-bond acceptors (Lipinski definition) is 5. The van der Waals surface area contributed by atoms with Crippen LogP contribution in [0.2, 0.25) is 5.02 Å². The Bertz CT molecular complexity index is 827. The van der Waals surface area contributed by atoms with Crippen LogP contribution < -0.4 is 0 Å². The molecule has 0 fully saturated rings. The van der Waals surface area contributed by atoms with Crippen molar-refractivity contribution in [2.45, 2.75) is 45.1 Å². The van der Waals surface area contributed by atoms with Crippen LogP contribution in [0.1, 0.15) is 31.4 Å². The molecule has 3 rings (SSSR count). The Labute approximate surface area is 182 Å². The van der Waals surface area contributed by atoms with Crippen LogP contribution in [0.15, 0.2) is 53.7 Å². The second-order valence-corrected chi connectivity index (χ2v) is 8.27. The Kier molecular flexibility index (Phi) is 8.22. The summed E-state index contributed by atoms with van der Waals surface area (Å²) in [6.45, 7) is 5.69. The van der Waals surface area contributed by atoms with Crippen molar-refractivity contribution in [3.8, 4) is 0 Å². The lowest BCUT2D eigenvalue weighted by atomic mass is 10.0. The smallest absolute Gasteiger partial charge is 0.145 e. The number of rotatable bonds is 10. The summed E-state index contributed by atoms with van der Waals surface area (Å²) in [4.78, 5) is 7.75. The van der Waals surface area contributed by atoms with E-state index in [0.29, 0.717) is 31.1 Å². The zero-order valence-corrected chi connectivity index (χ0v) is 18.1. The molecule has 162 valence electrons. The molecule has 2 aromatic rings. The minimum atomic E-state index is -0.633. The molecule has 1 N–H and O–H groups in total. The molecule has 0 saturated carbocycles. The van der Waals surface area contributed by atoms with Crippen molar-refractivity contribution in [1.29, 1.82) is 0 Å². The molecule has 1 aliphatic rings. The van der Waals surface area contributed by atoms with Crippen LogP contribution in [-0.4, -0.2) is 53.7 Å². The molecule has 0 saturated heterocycles. The van der Waals surface area contributed by atoms with Crippen molar-refractivity contribution in [3.63, 3.8) is 0 Å². The molecule has 0 bridgehead atoms. The number of hydrogen-bond donors (Lipinski definition) is 1. The summed E-state index contributed by atoms with van der Waals surface area (Å²) in [6, 6.07) is 13.9. The minimum absolute atomic E-state index is 0.0543. The molecule has 0 radical (unpaired) electrons. The van der Waals surface area contributed by atoms with Gasteiger partial charge in [-0.3, -0.25) is 4.90 Å². The first-order valence-corrected chi connectivity index (χ1v) is 10.5. The van der Waals surface area contributed by atoms with Gasteiger partial charge in [0.25, 0.3) is 0 Å². The average Bonchev–Trinajstić information content (AvgIpc) is 3.17. The van der Waals surface area contributed by atoms with Crippen molar-refractivity contribution in [1.82, 2.24) is 4.90 Å². The molecular weight excluding hydrogens is 407 g/mol. The zero-order chi connectivity index (χ0) is 21.5. The lowest BCUT2D eigenvalue weighted by Crippen LogP contribution is -2.39. The number of halogens is 2. The van der Waals surface area contributed by atoms with Gasteiger partial charge in [0.15, 0.2) is 0 Å². The van der Waals surface area contributed by atoms with Gasteiger partial charge in [0.05, 0.1) is 24.5 Å². The highest BCUT2D eigenvalue weighted by molar-refractivity contribution is 6.30. The molecule has 0 amide bonds. The van der Waals surface area contributed by atoms with Crippen molar-refractivity contribution >= 4 is 17.3 Å². The third-order valence-electron chi connectivity index (χ3n) is 4.78. The minimum Gasteiger partial charge on any atom is -0.390 e. The van der Waals surface area contributed by atoms with Crippen LogP contribution in [0.5, 0.6) is 0 Å². The average molecular weight is 435 g/mol. The molecule has 0 aromatic heterocycles. The van der Waals surface area contributed by atoms with E-state index in [0.717, 1.165) is 16.8 Å². The van der Waals surface area contributed by atoms with Gasteiger partial charge in [0.1, 0.15) is 11.9 Å². The first kappa shape index (κ1) is 22.7. The Balaban J connectivity index is 1.61. The van der Waals surface area contributed by atoms with Gasteiger partial charge >= 0.3 is 0 Å². The summed E-state index contributed by atoms with van der Waals surface area (Å²) < 4.78 is 18.8. The molecule has 1 heterocycles. The maximum absolute atomic E-state index is 13.3. The highest BCUT2D eigenvalue weighted by Gasteiger charge is 2.26. The monoisotopic (exact) mass is 434 g/mol. The standard InChI is InChI=1S/C23H28ClFN2O3/c1-16(2)29-15-21(28)13-27(12-17-3-9-20(25)10-4-17)14-22-11-23(26-30-22)18-5-7-19(24)8-6-18/h3-10,16,21-22,28H,11-15H2,1-2H3. The maximum Gasteiger partial charge on any atom is 0.145 e. The molecule has 0 spiro atoms. The number of oxime groups is 1. The molecular formula is C23H28ClFN2O3. The second-order valence-electron chi connectivity index (χ2n) is 7.83. The van der Waals surface area contributed by atoms with Crippen molar-refractivity contribution in [2.24, 2.45) is 5.16 Å². The molecule has 7 heteroatoms.